The largest absolute Gasteiger partial charge is 0.462 e. The molecule has 2 amide bonds. The molecule has 0 bridgehead atoms. The van der Waals surface area contributed by atoms with Crippen LogP contribution in [0.15, 0.2) is 46.1 Å². The van der Waals surface area contributed by atoms with Crippen LogP contribution in [-0.2, 0) is 42.4 Å². The Kier molecular flexibility index (Phi) is 15.5. The second kappa shape index (κ2) is 19.1. The summed E-state index contributed by atoms with van der Waals surface area (Å²) < 4.78 is 62.7. The summed E-state index contributed by atoms with van der Waals surface area (Å²) in [5.74, 6) is -3.73. The van der Waals surface area contributed by atoms with E-state index in [1.807, 2.05) is 4.98 Å². The monoisotopic (exact) mass is 785 g/mol. The number of para-hydroxylation sites is 1. The molecule has 2 heterocycles. The number of aromatic amines is 1. The van der Waals surface area contributed by atoms with Crippen LogP contribution in [0.5, 0.6) is 5.75 Å². The van der Waals surface area contributed by atoms with Gasteiger partial charge in [0.15, 0.2) is 0 Å². The van der Waals surface area contributed by atoms with Gasteiger partial charge in [-0.25, -0.2) is 18.9 Å². The number of rotatable bonds is 17. The maximum Gasteiger partial charge on any atom is 0.459 e. The van der Waals surface area contributed by atoms with Gasteiger partial charge in [-0.05, 0) is 66.0 Å². The van der Waals surface area contributed by atoms with Gasteiger partial charge in [-0.15, -0.1) is 0 Å². The fourth-order valence-corrected chi connectivity index (χ4v) is 6.46. The van der Waals surface area contributed by atoms with Crippen LogP contribution in [0.3, 0.4) is 0 Å². The van der Waals surface area contributed by atoms with E-state index in [4.69, 9.17) is 28.0 Å². The number of H-pyrrole nitrogens is 1. The summed E-state index contributed by atoms with van der Waals surface area (Å²) in [7, 11) is -4.46. The fourth-order valence-electron chi connectivity index (χ4n) is 4.95. The zero-order chi connectivity index (χ0) is 40.4. The van der Waals surface area contributed by atoms with E-state index in [0.29, 0.717) is 6.20 Å². The highest BCUT2D eigenvalue weighted by atomic mass is 31.2. The standard InChI is InChI=1S/C34H49FN5O13P/c1-19(2)14-24(37-27(41)16-36-33(46)52-34(6,7)8)31(44)51-25-15-28(40-17-23(35)29(42)38-32(40)45)50-26(25)18-48-54(47,53-22-12-10-9-11-13-22)39-21(5)30(43)49-20(3)4/h9-13,17,19-21,24-26,28H,14-16,18H2,1-8H3,(H,36,46)(H,37,41)(H,39,47)(H,38,42,45)/t21-,24-,25-,26+,28+,54-/m0/s1. The number of nitrogens with zero attached hydrogens (tertiary/aromatic N) is 1. The molecule has 4 N–H and O–H groups in total. The maximum atomic E-state index is 14.3. The second-order valence-electron chi connectivity index (χ2n) is 14.1. The van der Waals surface area contributed by atoms with Crippen molar-refractivity contribution in [3.8, 4) is 5.75 Å². The predicted molar refractivity (Wildman–Crippen MR) is 190 cm³/mol. The van der Waals surface area contributed by atoms with Crippen molar-refractivity contribution in [2.75, 3.05) is 13.2 Å². The van der Waals surface area contributed by atoms with Crippen molar-refractivity contribution in [1.29, 1.82) is 0 Å². The summed E-state index contributed by atoms with van der Waals surface area (Å²) in [6.45, 7) is 12.0. The van der Waals surface area contributed by atoms with Crippen molar-refractivity contribution in [1.82, 2.24) is 25.3 Å². The first kappa shape index (κ1) is 43.8. The Labute approximate surface area is 311 Å². The Balaban J connectivity index is 1.87. The average molecular weight is 786 g/mol. The lowest BCUT2D eigenvalue weighted by molar-refractivity contribution is -0.157. The molecule has 0 radical (unpaired) electrons. The lowest BCUT2D eigenvalue weighted by Gasteiger charge is -2.26. The van der Waals surface area contributed by atoms with Gasteiger partial charge in [0.1, 0.15) is 48.4 Å². The SMILES string of the molecule is CC(C)C[C@H](NC(=O)CNC(=O)OC(C)(C)C)C(=O)O[C@H]1C[C@H](n2cc(F)c(=O)[nH]c2=O)O[C@@H]1CO[P@@](=O)(N[C@@H](C)C(=O)OC(C)C)Oc1ccccc1. The third kappa shape index (κ3) is 14.0. The molecule has 0 unspecified atom stereocenters. The molecule has 54 heavy (non-hydrogen) atoms. The zero-order valence-electron chi connectivity index (χ0n) is 31.4. The molecule has 300 valence electrons. The van der Waals surface area contributed by atoms with Crippen LogP contribution in [0.25, 0.3) is 0 Å². The first-order valence-electron chi connectivity index (χ1n) is 17.2. The Hall–Kier alpha value is -4.58. The minimum absolute atomic E-state index is 0.105. The number of alkyl carbamates (subject to hydrolysis) is 1. The number of esters is 2. The van der Waals surface area contributed by atoms with Gasteiger partial charge in [-0.1, -0.05) is 32.0 Å². The van der Waals surface area contributed by atoms with Crippen LogP contribution in [0.2, 0.25) is 0 Å². The molecule has 0 spiro atoms. The number of benzene rings is 1. The van der Waals surface area contributed by atoms with Gasteiger partial charge in [0, 0.05) is 6.42 Å². The van der Waals surface area contributed by atoms with Crippen LogP contribution in [0, 0.1) is 11.7 Å². The molecular formula is C34H49FN5O13P. The van der Waals surface area contributed by atoms with E-state index in [-0.39, 0.29) is 24.5 Å². The highest BCUT2D eigenvalue weighted by molar-refractivity contribution is 7.52. The maximum absolute atomic E-state index is 14.3. The number of hydrogen-bond donors (Lipinski definition) is 4. The molecule has 1 aromatic heterocycles. The molecular weight excluding hydrogens is 736 g/mol. The summed E-state index contributed by atoms with van der Waals surface area (Å²) in [5.41, 5.74) is -3.11. The third-order valence-corrected chi connectivity index (χ3v) is 8.88. The summed E-state index contributed by atoms with van der Waals surface area (Å²) in [6, 6.07) is 5.47. The highest BCUT2D eigenvalue weighted by Gasteiger charge is 2.43. The molecule has 1 fully saturated rings. The average Bonchev–Trinajstić information content (AvgIpc) is 3.45. The van der Waals surface area contributed by atoms with Gasteiger partial charge >= 0.3 is 31.5 Å². The van der Waals surface area contributed by atoms with E-state index in [9.17, 15) is 37.7 Å². The molecule has 20 heteroatoms. The molecule has 0 saturated carbocycles. The summed E-state index contributed by atoms with van der Waals surface area (Å²) >= 11 is 0. The lowest BCUT2D eigenvalue weighted by atomic mass is 10.0. The summed E-state index contributed by atoms with van der Waals surface area (Å²) in [4.78, 5) is 77.3. The van der Waals surface area contributed by atoms with Crippen molar-refractivity contribution in [3.05, 3.63) is 63.2 Å². The Morgan fingerprint density at radius 1 is 1.06 bits per heavy atom. The molecule has 0 aliphatic carbocycles. The van der Waals surface area contributed by atoms with E-state index in [0.717, 1.165) is 4.57 Å². The predicted octanol–water partition coefficient (Wildman–Crippen LogP) is 3.06. The van der Waals surface area contributed by atoms with Gasteiger partial charge in [-0.2, -0.15) is 9.48 Å². The van der Waals surface area contributed by atoms with E-state index in [2.05, 4.69) is 15.7 Å². The minimum atomic E-state index is -4.46. The number of nitrogens with one attached hydrogen (secondary N) is 4. The Bertz CT molecular complexity index is 1780. The number of hydrogen-bond acceptors (Lipinski definition) is 13. The first-order chi connectivity index (χ1) is 25.1. The van der Waals surface area contributed by atoms with Gasteiger partial charge in [0.2, 0.25) is 11.7 Å². The zero-order valence-corrected chi connectivity index (χ0v) is 32.3. The van der Waals surface area contributed by atoms with Gasteiger partial charge in [0.05, 0.1) is 18.9 Å². The quantitative estimate of drug-likeness (QED) is 0.103. The Morgan fingerprint density at radius 2 is 1.72 bits per heavy atom. The van der Waals surface area contributed by atoms with Crippen LogP contribution < -0.4 is 31.5 Å². The van der Waals surface area contributed by atoms with Crippen molar-refractivity contribution in [3.63, 3.8) is 0 Å². The highest BCUT2D eigenvalue weighted by Crippen LogP contribution is 2.46. The second-order valence-corrected chi connectivity index (χ2v) is 15.8. The van der Waals surface area contributed by atoms with Gasteiger partial charge in [-0.3, -0.25) is 28.5 Å². The number of carbonyl (C=O) groups excluding carboxylic acids is 4. The number of amides is 2. The van der Waals surface area contributed by atoms with Gasteiger partial charge < -0.3 is 34.1 Å². The Morgan fingerprint density at radius 3 is 2.33 bits per heavy atom. The van der Waals surface area contributed by atoms with Crippen LogP contribution in [0.4, 0.5) is 9.18 Å². The number of aromatic nitrogens is 2. The normalized spacial score (nSPS) is 19.4. The van der Waals surface area contributed by atoms with Crippen LogP contribution in [0.1, 0.15) is 74.5 Å². The van der Waals surface area contributed by atoms with Crippen molar-refractivity contribution >= 4 is 31.7 Å². The number of halogens is 1. The molecule has 18 nitrogen and oxygen atoms in total. The van der Waals surface area contributed by atoms with Gasteiger partial charge in [0.25, 0.3) is 5.56 Å². The van der Waals surface area contributed by atoms with Crippen molar-refractivity contribution in [2.45, 2.75) is 110 Å². The molecule has 1 aliphatic rings. The van der Waals surface area contributed by atoms with Crippen molar-refractivity contribution < 1.29 is 56.1 Å². The molecule has 1 aromatic carbocycles. The van der Waals surface area contributed by atoms with Crippen LogP contribution >= 0.6 is 7.75 Å². The lowest BCUT2D eigenvalue weighted by Crippen LogP contribution is -2.48. The minimum Gasteiger partial charge on any atom is -0.462 e. The summed E-state index contributed by atoms with van der Waals surface area (Å²) in [6.07, 6.45) is -4.80. The molecule has 1 aliphatic heterocycles. The van der Waals surface area contributed by atoms with Crippen LogP contribution in [-0.4, -0.2) is 82.6 Å². The van der Waals surface area contributed by atoms with Crippen molar-refractivity contribution in [2.24, 2.45) is 5.92 Å². The topological polar surface area (TPSA) is 232 Å². The molecule has 3 rings (SSSR count). The number of carbonyl (C=O) groups is 4. The third-order valence-electron chi connectivity index (χ3n) is 7.24. The van der Waals surface area contributed by atoms with E-state index >= 15 is 0 Å². The fraction of sp³-hybridized carbons (Fsp3) is 0.588. The van der Waals surface area contributed by atoms with E-state index in [1.54, 1.807) is 66.7 Å². The molecule has 1 saturated heterocycles. The molecule has 6 atom stereocenters. The summed E-state index contributed by atoms with van der Waals surface area (Å²) in [5, 5.41) is 7.37. The van der Waals surface area contributed by atoms with E-state index < -0.39 is 104 Å². The smallest absolute Gasteiger partial charge is 0.459 e. The first-order valence-corrected chi connectivity index (χ1v) is 18.8. The number of ether oxygens (including phenoxy) is 4. The van der Waals surface area contributed by atoms with E-state index in [1.165, 1.54) is 19.1 Å². The molecule has 2 aromatic rings.